The van der Waals surface area contributed by atoms with Crippen LogP contribution in [0.3, 0.4) is 0 Å². The first kappa shape index (κ1) is 22.0. The van der Waals surface area contributed by atoms with E-state index in [1.807, 2.05) is 31.2 Å². The van der Waals surface area contributed by atoms with Gasteiger partial charge in [0, 0.05) is 22.3 Å². The maximum atomic E-state index is 6.21. The molecule has 23 heavy (non-hydrogen) atoms. The number of aromatic nitrogens is 2. The quantitative estimate of drug-likeness (QED) is 0.292. The zero-order chi connectivity index (χ0) is 14.3. The minimum Gasteiger partial charge on any atom is -1.00 e. The number of hydrogen-bond acceptors (Lipinski definition) is 4. The smallest absolute Gasteiger partial charge is 1.00 e. The SMILES string of the molecule is Cc1c(Cl)cc(N)cc1-c1cccc2nc(N)ncc12.[Cl-].[Cl-].[Sn+2]. The van der Waals surface area contributed by atoms with Crippen LogP contribution in [0.4, 0.5) is 11.6 Å². The maximum Gasteiger partial charge on any atom is 2.00 e. The Bertz CT molecular complexity index is 827. The average Bonchev–Trinajstić information content (AvgIpc) is 2.42. The van der Waals surface area contributed by atoms with Crippen LogP contribution < -0.4 is 36.3 Å². The van der Waals surface area contributed by atoms with E-state index in [4.69, 9.17) is 23.1 Å². The van der Waals surface area contributed by atoms with Gasteiger partial charge in [-0.25, -0.2) is 9.97 Å². The van der Waals surface area contributed by atoms with Crippen molar-refractivity contribution in [2.75, 3.05) is 11.5 Å². The second kappa shape index (κ2) is 8.78. The summed E-state index contributed by atoms with van der Waals surface area (Å²) in [7, 11) is 0. The van der Waals surface area contributed by atoms with Gasteiger partial charge in [-0.2, -0.15) is 0 Å². The molecule has 4 N–H and O–H groups in total. The van der Waals surface area contributed by atoms with Crippen LogP contribution in [0.2, 0.25) is 5.02 Å². The number of anilines is 2. The molecule has 0 atom stereocenters. The molecule has 0 aliphatic carbocycles. The molecule has 0 spiro atoms. The first-order valence-corrected chi connectivity index (χ1v) is 6.51. The standard InChI is InChI=1S/C15H13ClN4.2ClH.Sn/c1-8-11(5-9(17)6-13(8)16)10-3-2-4-14-12(10)7-19-15(18)20-14;;;/h2-7H,17H2,1H3,(H2,18,19,20);2*1H;/q;;;+2/p-2. The Kier molecular flexibility index (Phi) is 8.41. The van der Waals surface area contributed by atoms with Gasteiger partial charge in [0.2, 0.25) is 5.95 Å². The van der Waals surface area contributed by atoms with Gasteiger partial charge in [-0.15, -0.1) is 0 Å². The molecule has 118 valence electrons. The van der Waals surface area contributed by atoms with Gasteiger partial charge in [0.1, 0.15) is 0 Å². The van der Waals surface area contributed by atoms with Crippen molar-refractivity contribution >= 4 is 58.0 Å². The van der Waals surface area contributed by atoms with Crippen LogP contribution in [-0.4, -0.2) is 33.9 Å². The largest absolute Gasteiger partial charge is 2.00 e. The summed E-state index contributed by atoms with van der Waals surface area (Å²) in [5.74, 6) is 0.261. The number of hydrogen-bond donors (Lipinski definition) is 2. The Morgan fingerprint density at radius 1 is 1.04 bits per heavy atom. The van der Waals surface area contributed by atoms with Crippen LogP contribution in [0.1, 0.15) is 5.56 Å². The Morgan fingerprint density at radius 2 is 1.74 bits per heavy atom. The van der Waals surface area contributed by atoms with Crippen LogP contribution in [0.5, 0.6) is 0 Å². The molecule has 0 saturated heterocycles. The van der Waals surface area contributed by atoms with Crippen LogP contribution >= 0.6 is 11.6 Å². The molecule has 8 heteroatoms. The summed E-state index contributed by atoms with van der Waals surface area (Å²) < 4.78 is 0. The molecule has 0 saturated carbocycles. The van der Waals surface area contributed by atoms with Crippen molar-refractivity contribution in [2.24, 2.45) is 0 Å². The number of fused-ring (bicyclic) bond motifs is 1. The Morgan fingerprint density at radius 3 is 2.43 bits per heavy atom. The maximum absolute atomic E-state index is 6.21. The first-order chi connectivity index (χ1) is 9.56. The predicted molar refractivity (Wildman–Crippen MR) is 89.3 cm³/mol. The molecule has 2 aromatic carbocycles. The van der Waals surface area contributed by atoms with Crippen molar-refractivity contribution in [2.45, 2.75) is 6.92 Å². The molecular weight excluding hydrogens is 461 g/mol. The van der Waals surface area contributed by atoms with Crippen LogP contribution in [0, 0.1) is 6.92 Å². The molecule has 4 nitrogen and oxygen atoms in total. The molecule has 0 amide bonds. The van der Waals surface area contributed by atoms with Gasteiger partial charge in [0.25, 0.3) is 0 Å². The number of nitrogens with two attached hydrogens (primary N) is 2. The molecule has 0 bridgehead atoms. The number of nitrogens with zero attached hydrogens (tertiary/aromatic N) is 2. The summed E-state index contributed by atoms with van der Waals surface area (Å²) in [4.78, 5) is 8.31. The van der Waals surface area contributed by atoms with E-state index in [0.29, 0.717) is 10.7 Å². The summed E-state index contributed by atoms with van der Waals surface area (Å²) in [6, 6.07) is 9.49. The average molecular weight is 474 g/mol. The minimum absolute atomic E-state index is 0. The van der Waals surface area contributed by atoms with Gasteiger partial charge in [0.15, 0.2) is 0 Å². The van der Waals surface area contributed by atoms with Crippen molar-refractivity contribution in [3.05, 3.63) is 47.1 Å². The molecule has 1 heterocycles. The monoisotopic (exact) mass is 474 g/mol. The van der Waals surface area contributed by atoms with Crippen molar-refractivity contribution < 1.29 is 24.8 Å². The topological polar surface area (TPSA) is 77.8 Å². The van der Waals surface area contributed by atoms with E-state index < -0.39 is 0 Å². The fourth-order valence-electron chi connectivity index (χ4n) is 2.28. The van der Waals surface area contributed by atoms with E-state index >= 15 is 0 Å². The fourth-order valence-corrected chi connectivity index (χ4v) is 2.51. The zero-order valence-corrected chi connectivity index (χ0v) is 17.3. The van der Waals surface area contributed by atoms with Gasteiger partial charge < -0.3 is 36.3 Å². The number of nitrogen functional groups attached to an aromatic ring is 2. The van der Waals surface area contributed by atoms with E-state index in [1.165, 1.54) is 0 Å². The fraction of sp³-hybridized carbons (Fsp3) is 0.0667. The third-order valence-electron chi connectivity index (χ3n) is 3.30. The molecule has 1 aromatic heterocycles. The summed E-state index contributed by atoms with van der Waals surface area (Å²) in [5, 5.41) is 1.57. The second-order valence-corrected chi connectivity index (χ2v) is 5.05. The first-order valence-electron chi connectivity index (χ1n) is 6.13. The third kappa shape index (κ3) is 4.32. The number of halogens is 3. The summed E-state index contributed by atoms with van der Waals surface area (Å²) in [6.45, 7) is 1.97. The molecule has 3 rings (SSSR count). The van der Waals surface area contributed by atoms with Gasteiger partial charge in [0.05, 0.1) is 5.52 Å². The van der Waals surface area contributed by atoms with E-state index in [-0.39, 0.29) is 54.7 Å². The second-order valence-electron chi connectivity index (χ2n) is 4.64. The van der Waals surface area contributed by atoms with E-state index in [9.17, 15) is 0 Å². The Balaban J connectivity index is 0.00000161. The summed E-state index contributed by atoms with van der Waals surface area (Å²) >= 11 is 6.21. The zero-order valence-electron chi connectivity index (χ0n) is 12.1. The Labute approximate surface area is 168 Å². The van der Waals surface area contributed by atoms with E-state index in [1.54, 1.807) is 12.3 Å². The summed E-state index contributed by atoms with van der Waals surface area (Å²) in [6.07, 6.45) is 1.73. The minimum atomic E-state index is 0. The normalized spacial score (nSPS) is 9.48. The van der Waals surface area contributed by atoms with Crippen molar-refractivity contribution in [3.63, 3.8) is 0 Å². The third-order valence-corrected chi connectivity index (χ3v) is 3.69. The number of benzene rings is 2. The van der Waals surface area contributed by atoms with Crippen molar-refractivity contribution in [1.82, 2.24) is 9.97 Å². The van der Waals surface area contributed by atoms with Crippen LogP contribution in [0.25, 0.3) is 22.0 Å². The van der Waals surface area contributed by atoms with E-state index in [0.717, 1.165) is 27.6 Å². The van der Waals surface area contributed by atoms with Crippen LogP contribution in [0.15, 0.2) is 36.5 Å². The van der Waals surface area contributed by atoms with Gasteiger partial charge in [-0.3, -0.25) is 0 Å². The molecule has 0 aliphatic rings. The van der Waals surface area contributed by atoms with Gasteiger partial charge >= 0.3 is 23.9 Å². The van der Waals surface area contributed by atoms with Gasteiger partial charge in [-0.1, -0.05) is 23.7 Å². The molecule has 0 aliphatic heterocycles. The van der Waals surface area contributed by atoms with Crippen molar-refractivity contribution in [1.29, 1.82) is 0 Å². The van der Waals surface area contributed by atoms with Gasteiger partial charge in [-0.05, 0) is 41.8 Å². The van der Waals surface area contributed by atoms with Crippen molar-refractivity contribution in [3.8, 4) is 11.1 Å². The molecule has 0 unspecified atom stereocenters. The molecular formula is C15H13Cl3N4Sn. The van der Waals surface area contributed by atoms with Crippen LogP contribution in [-0.2, 0) is 0 Å². The number of rotatable bonds is 1. The summed E-state index contributed by atoms with van der Waals surface area (Å²) in [5.41, 5.74) is 15.9. The molecule has 3 aromatic rings. The van der Waals surface area contributed by atoms with E-state index in [2.05, 4.69) is 9.97 Å². The Hall–Kier alpha value is -0.951. The molecule has 2 radical (unpaired) electrons. The molecule has 0 fully saturated rings. The predicted octanol–water partition coefficient (Wildman–Crippen LogP) is -2.95.